The molecule has 0 saturated carbocycles. The first-order chi connectivity index (χ1) is 9.24. The number of rotatable bonds is 2. The molecule has 0 saturated heterocycles. The number of thioether (sulfide) groups is 1. The van der Waals surface area contributed by atoms with Crippen LogP contribution in [0.4, 0.5) is 5.69 Å². The molecule has 1 unspecified atom stereocenters. The van der Waals surface area contributed by atoms with Gasteiger partial charge in [-0.05, 0) is 35.9 Å². The molecule has 0 bridgehead atoms. The van der Waals surface area contributed by atoms with Crippen molar-refractivity contribution in [1.82, 2.24) is 0 Å². The topological polar surface area (TPSA) is 49.3 Å². The molecule has 1 amide bonds. The summed E-state index contributed by atoms with van der Waals surface area (Å²) in [5.41, 5.74) is 1.81. The highest BCUT2D eigenvalue weighted by Gasteiger charge is 2.28. The normalized spacial score (nSPS) is 16.9. The Morgan fingerprint density at radius 3 is 2.68 bits per heavy atom. The number of benzene rings is 2. The van der Waals surface area contributed by atoms with Gasteiger partial charge in [-0.15, -0.1) is 11.8 Å². The number of carbonyl (C=O) groups excluding carboxylic acids is 1. The number of phenols is 1. The summed E-state index contributed by atoms with van der Waals surface area (Å²) in [7, 11) is 0. The van der Waals surface area contributed by atoms with E-state index in [1.165, 1.54) is 4.90 Å². The Labute approximate surface area is 115 Å². The molecule has 2 aromatic rings. The first-order valence-corrected chi connectivity index (χ1v) is 7.04. The third-order valence-electron chi connectivity index (χ3n) is 3.15. The van der Waals surface area contributed by atoms with E-state index in [-0.39, 0.29) is 17.6 Å². The van der Waals surface area contributed by atoms with Crippen LogP contribution in [0.1, 0.15) is 11.5 Å². The Morgan fingerprint density at radius 1 is 1.16 bits per heavy atom. The van der Waals surface area contributed by atoms with Crippen molar-refractivity contribution in [1.29, 1.82) is 0 Å². The lowest BCUT2D eigenvalue weighted by Crippen LogP contribution is -2.20. The highest BCUT2D eigenvalue weighted by molar-refractivity contribution is 7.99. The van der Waals surface area contributed by atoms with E-state index in [0.29, 0.717) is 5.69 Å². The molecular formula is C15H13NO2S. The zero-order valence-corrected chi connectivity index (χ0v) is 11.0. The summed E-state index contributed by atoms with van der Waals surface area (Å²) in [6.07, 6.45) is 0. The fraction of sp³-hybridized carbons (Fsp3) is 0.133. The maximum Gasteiger partial charge on any atom is 0.232 e. The van der Waals surface area contributed by atoms with E-state index in [1.807, 2.05) is 24.3 Å². The van der Waals surface area contributed by atoms with Crippen molar-refractivity contribution in [2.75, 3.05) is 11.1 Å². The molecular weight excluding hydrogens is 258 g/mol. The van der Waals surface area contributed by atoms with Crippen LogP contribution in [0.3, 0.4) is 0 Å². The summed E-state index contributed by atoms with van der Waals surface area (Å²) in [5.74, 6) is 0.876. The molecule has 1 heterocycles. The van der Waals surface area contributed by atoms with Crippen molar-refractivity contribution >= 4 is 23.4 Å². The van der Waals surface area contributed by atoms with Gasteiger partial charge in [-0.3, -0.25) is 4.79 Å². The largest absolute Gasteiger partial charge is 0.508 e. The Morgan fingerprint density at radius 2 is 1.89 bits per heavy atom. The lowest BCUT2D eigenvalue weighted by Gasteiger charge is -2.11. The van der Waals surface area contributed by atoms with E-state index in [4.69, 9.17) is 0 Å². The summed E-state index contributed by atoms with van der Waals surface area (Å²) in [6.45, 7) is 0. The molecule has 1 aliphatic rings. The molecule has 3 rings (SSSR count). The third kappa shape index (κ3) is 2.44. The molecule has 2 aromatic carbocycles. The SMILES string of the molecule is O=C(Nc1ccc(O)cc1)C1CSc2ccccc21. The monoisotopic (exact) mass is 271 g/mol. The molecule has 3 nitrogen and oxygen atoms in total. The van der Waals surface area contributed by atoms with Crippen LogP contribution < -0.4 is 5.32 Å². The minimum Gasteiger partial charge on any atom is -0.508 e. The number of fused-ring (bicyclic) bond motifs is 1. The smallest absolute Gasteiger partial charge is 0.232 e. The lowest BCUT2D eigenvalue weighted by atomic mass is 10.0. The summed E-state index contributed by atoms with van der Waals surface area (Å²) in [6, 6.07) is 14.5. The lowest BCUT2D eigenvalue weighted by molar-refractivity contribution is -0.117. The quantitative estimate of drug-likeness (QED) is 0.824. The number of anilines is 1. The molecule has 0 spiro atoms. The molecule has 2 N–H and O–H groups in total. The molecule has 1 atom stereocenters. The van der Waals surface area contributed by atoms with Gasteiger partial charge >= 0.3 is 0 Å². The van der Waals surface area contributed by atoms with Crippen molar-refractivity contribution < 1.29 is 9.90 Å². The van der Waals surface area contributed by atoms with Gasteiger partial charge < -0.3 is 10.4 Å². The van der Waals surface area contributed by atoms with Crippen molar-refractivity contribution in [3.63, 3.8) is 0 Å². The molecule has 0 aromatic heterocycles. The molecule has 0 aliphatic carbocycles. The predicted octanol–water partition coefficient (Wildman–Crippen LogP) is 3.22. The number of hydrogen-bond donors (Lipinski definition) is 2. The molecule has 4 heteroatoms. The van der Waals surface area contributed by atoms with Crippen LogP contribution in [0.25, 0.3) is 0 Å². The number of aromatic hydroxyl groups is 1. The van der Waals surface area contributed by atoms with E-state index in [2.05, 4.69) is 5.32 Å². The maximum atomic E-state index is 12.3. The minimum atomic E-state index is -0.102. The molecule has 0 fully saturated rings. The van der Waals surface area contributed by atoms with Gasteiger partial charge in [0.05, 0.1) is 5.92 Å². The van der Waals surface area contributed by atoms with Gasteiger partial charge in [-0.2, -0.15) is 0 Å². The van der Waals surface area contributed by atoms with Crippen LogP contribution in [0.2, 0.25) is 0 Å². The van der Waals surface area contributed by atoms with Crippen molar-refractivity contribution in [3.8, 4) is 5.75 Å². The van der Waals surface area contributed by atoms with Gasteiger partial charge in [-0.25, -0.2) is 0 Å². The van der Waals surface area contributed by atoms with Crippen LogP contribution in [-0.2, 0) is 4.79 Å². The number of amides is 1. The summed E-state index contributed by atoms with van der Waals surface area (Å²) in [5, 5.41) is 12.1. The van der Waals surface area contributed by atoms with Crippen LogP contribution in [-0.4, -0.2) is 16.8 Å². The predicted molar refractivity (Wildman–Crippen MR) is 76.6 cm³/mol. The summed E-state index contributed by atoms with van der Waals surface area (Å²) >= 11 is 1.72. The van der Waals surface area contributed by atoms with Gasteiger partial charge in [-0.1, -0.05) is 18.2 Å². The highest BCUT2D eigenvalue weighted by Crippen LogP contribution is 2.39. The number of carbonyl (C=O) groups is 1. The second-order valence-corrected chi connectivity index (χ2v) is 5.50. The number of hydrogen-bond acceptors (Lipinski definition) is 3. The minimum absolute atomic E-state index is 0.00291. The zero-order valence-electron chi connectivity index (χ0n) is 10.2. The fourth-order valence-corrected chi connectivity index (χ4v) is 3.38. The zero-order chi connectivity index (χ0) is 13.2. The van der Waals surface area contributed by atoms with Gasteiger partial charge in [0, 0.05) is 16.3 Å². The Bertz CT molecular complexity index is 610. The third-order valence-corrected chi connectivity index (χ3v) is 4.33. The van der Waals surface area contributed by atoms with E-state index in [0.717, 1.165) is 11.3 Å². The summed E-state index contributed by atoms with van der Waals surface area (Å²) < 4.78 is 0. The molecule has 96 valence electrons. The van der Waals surface area contributed by atoms with E-state index in [9.17, 15) is 9.90 Å². The first kappa shape index (κ1) is 12.1. The summed E-state index contributed by atoms with van der Waals surface area (Å²) in [4.78, 5) is 13.5. The Kier molecular flexibility index (Phi) is 3.17. The standard InChI is InChI=1S/C15H13NO2S/c17-11-7-5-10(6-8-11)16-15(18)13-9-19-14-4-2-1-3-12(13)14/h1-8,13,17H,9H2,(H,16,18). The molecule has 1 aliphatic heterocycles. The van der Waals surface area contributed by atoms with Crippen LogP contribution >= 0.6 is 11.8 Å². The van der Waals surface area contributed by atoms with Crippen LogP contribution in [0.15, 0.2) is 53.4 Å². The maximum absolute atomic E-state index is 12.3. The van der Waals surface area contributed by atoms with Gasteiger partial charge in [0.15, 0.2) is 0 Å². The van der Waals surface area contributed by atoms with Crippen LogP contribution in [0, 0.1) is 0 Å². The fourth-order valence-electron chi connectivity index (χ4n) is 2.15. The van der Waals surface area contributed by atoms with E-state index >= 15 is 0 Å². The van der Waals surface area contributed by atoms with E-state index < -0.39 is 0 Å². The number of nitrogens with one attached hydrogen (secondary N) is 1. The second kappa shape index (κ2) is 4.97. The average Bonchev–Trinajstić information content (AvgIpc) is 2.85. The molecule has 19 heavy (non-hydrogen) atoms. The average molecular weight is 271 g/mol. The second-order valence-electron chi connectivity index (χ2n) is 4.44. The van der Waals surface area contributed by atoms with Gasteiger partial charge in [0.25, 0.3) is 0 Å². The first-order valence-electron chi connectivity index (χ1n) is 6.05. The van der Waals surface area contributed by atoms with Gasteiger partial charge in [0.1, 0.15) is 5.75 Å². The highest BCUT2D eigenvalue weighted by atomic mass is 32.2. The Hall–Kier alpha value is -1.94. The van der Waals surface area contributed by atoms with Crippen LogP contribution in [0.5, 0.6) is 5.75 Å². The van der Waals surface area contributed by atoms with E-state index in [1.54, 1.807) is 36.0 Å². The van der Waals surface area contributed by atoms with Crippen molar-refractivity contribution in [2.24, 2.45) is 0 Å². The van der Waals surface area contributed by atoms with Crippen molar-refractivity contribution in [3.05, 3.63) is 54.1 Å². The van der Waals surface area contributed by atoms with Crippen molar-refractivity contribution in [2.45, 2.75) is 10.8 Å². The Balaban J connectivity index is 1.77. The van der Waals surface area contributed by atoms with Gasteiger partial charge in [0.2, 0.25) is 5.91 Å². The number of phenolic OH excluding ortho intramolecular Hbond substituents is 1. The molecule has 0 radical (unpaired) electrons.